The number of nitrogens with zero attached hydrogens (tertiary/aromatic N) is 3. The van der Waals surface area contributed by atoms with Crippen LogP contribution >= 0.6 is 0 Å². The van der Waals surface area contributed by atoms with Crippen LogP contribution in [-0.4, -0.2) is 23.0 Å². The molecule has 3 rings (SSSR count). The highest BCUT2D eigenvalue weighted by Gasteiger charge is 2.14. The maximum atomic E-state index is 11.7. The molecular weight excluding hydrogens is 382 g/mol. The first-order valence-corrected chi connectivity index (χ1v) is 9.13. The number of methoxy groups -OCH3 is 1. The molecule has 0 spiro atoms. The van der Waals surface area contributed by atoms with Gasteiger partial charge in [-0.1, -0.05) is 36.4 Å². The van der Waals surface area contributed by atoms with E-state index in [0.29, 0.717) is 17.1 Å². The minimum Gasteiger partial charge on any atom is -0.469 e. The van der Waals surface area contributed by atoms with Crippen molar-refractivity contribution in [2.75, 3.05) is 7.11 Å². The number of nitriles is 1. The third kappa shape index (κ3) is 5.00. The molecule has 1 heterocycles. The fourth-order valence-electron chi connectivity index (χ4n) is 2.71. The number of carbonyl (C=O) groups excluding carboxylic acids is 1. The summed E-state index contributed by atoms with van der Waals surface area (Å²) in [6, 6.07) is 17.8. The lowest BCUT2D eigenvalue weighted by Gasteiger charge is -2.13. The summed E-state index contributed by atoms with van der Waals surface area (Å²) in [5.74, 6) is 1.07. The zero-order valence-corrected chi connectivity index (χ0v) is 16.5. The van der Waals surface area contributed by atoms with E-state index in [1.807, 2.05) is 31.2 Å². The van der Waals surface area contributed by atoms with Gasteiger partial charge >= 0.3 is 5.97 Å². The SMILES string of the molecule is C/C=C(/CC(=O)OC)c1ccccc1Oc1cc(Oc2ccccc2C#N)ncn1. The molecule has 0 bridgehead atoms. The number of esters is 1. The first-order valence-electron chi connectivity index (χ1n) is 9.13. The molecule has 7 heteroatoms. The molecule has 0 atom stereocenters. The molecule has 0 radical (unpaired) electrons. The lowest BCUT2D eigenvalue weighted by molar-refractivity contribution is -0.139. The first kappa shape index (κ1) is 20.6. The van der Waals surface area contributed by atoms with Crippen molar-refractivity contribution in [1.29, 1.82) is 5.26 Å². The van der Waals surface area contributed by atoms with Crippen LogP contribution < -0.4 is 9.47 Å². The second-order valence-corrected chi connectivity index (χ2v) is 6.07. The number of hydrogen-bond acceptors (Lipinski definition) is 7. The van der Waals surface area contributed by atoms with Crippen LogP contribution in [0.5, 0.6) is 23.3 Å². The predicted molar refractivity (Wildman–Crippen MR) is 110 cm³/mol. The zero-order valence-electron chi connectivity index (χ0n) is 16.5. The van der Waals surface area contributed by atoms with Gasteiger partial charge in [0.1, 0.15) is 23.9 Å². The Kier molecular flexibility index (Phi) is 6.74. The van der Waals surface area contributed by atoms with E-state index in [2.05, 4.69) is 16.0 Å². The highest BCUT2D eigenvalue weighted by Crippen LogP contribution is 2.32. The standard InChI is InChI=1S/C23H19N3O4/c1-3-16(12-23(27)28-2)18-9-5-7-11-20(18)30-22-13-21(25-15-26-22)29-19-10-6-4-8-17(19)14-24/h3-11,13,15H,12H2,1-2H3/b16-3-. The topological polar surface area (TPSA) is 94.3 Å². The number of para-hydroxylation sites is 2. The lowest BCUT2D eigenvalue weighted by Crippen LogP contribution is -2.02. The molecular formula is C23H19N3O4. The van der Waals surface area contributed by atoms with Crippen molar-refractivity contribution in [3.8, 4) is 29.3 Å². The molecule has 0 aliphatic heterocycles. The molecule has 3 aromatic rings. The fraction of sp³-hybridized carbons (Fsp3) is 0.130. The summed E-state index contributed by atoms with van der Waals surface area (Å²) in [5, 5.41) is 9.21. The normalized spacial score (nSPS) is 10.8. The summed E-state index contributed by atoms with van der Waals surface area (Å²) in [6.07, 6.45) is 3.27. The Hall–Kier alpha value is -4.18. The Balaban J connectivity index is 1.85. The quantitative estimate of drug-likeness (QED) is 0.520. The van der Waals surface area contributed by atoms with Gasteiger partial charge in [0.25, 0.3) is 0 Å². The number of hydrogen-bond donors (Lipinski definition) is 0. The van der Waals surface area contributed by atoms with E-state index in [1.54, 1.807) is 30.3 Å². The minimum absolute atomic E-state index is 0.121. The van der Waals surface area contributed by atoms with E-state index in [0.717, 1.165) is 11.1 Å². The van der Waals surface area contributed by atoms with Gasteiger partial charge in [0.05, 0.1) is 25.2 Å². The largest absolute Gasteiger partial charge is 0.469 e. The van der Waals surface area contributed by atoms with Gasteiger partial charge in [0.2, 0.25) is 11.8 Å². The number of allylic oxidation sites excluding steroid dienone is 1. The Bertz CT molecular complexity index is 1120. The Labute approximate surface area is 174 Å². The van der Waals surface area contributed by atoms with Crippen molar-refractivity contribution in [3.05, 3.63) is 78.1 Å². The second kappa shape index (κ2) is 9.85. The van der Waals surface area contributed by atoms with Gasteiger partial charge in [0, 0.05) is 5.56 Å². The molecule has 0 unspecified atom stereocenters. The van der Waals surface area contributed by atoms with Crippen LogP contribution in [0, 0.1) is 11.3 Å². The van der Waals surface area contributed by atoms with E-state index in [9.17, 15) is 10.1 Å². The van der Waals surface area contributed by atoms with Crippen LogP contribution in [0.2, 0.25) is 0 Å². The molecule has 0 amide bonds. The third-order valence-corrected chi connectivity index (χ3v) is 4.20. The maximum absolute atomic E-state index is 11.7. The van der Waals surface area contributed by atoms with Crippen LogP contribution in [0.25, 0.3) is 5.57 Å². The number of carbonyl (C=O) groups is 1. The Morgan fingerprint density at radius 1 is 1.03 bits per heavy atom. The van der Waals surface area contributed by atoms with Gasteiger partial charge in [-0.05, 0) is 30.7 Å². The lowest BCUT2D eigenvalue weighted by atomic mass is 10.0. The van der Waals surface area contributed by atoms with Gasteiger partial charge < -0.3 is 14.2 Å². The molecule has 0 aliphatic rings. The van der Waals surface area contributed by atoms with Crippen LogP contribution in [-0.2, 0) is 9.53 Å². The van der Waals surface area contributed by atoms with E-state index in [1.165, 1.54) is 19.5 Å². The molecule has 7 nitrogen and oxygen atoms in total. The van der Waals surface area contributed by atoms with Crippen molar-refractivity contribution in [2.24, 2.45) is 0 Å². The molecule has 0 fully saturated rings. The zero-order chi connectivity index (χ0) is 21.3. The molecule has 0 saturated heterocycles. The maximum Gasteiger partial charge on any atom is 0.309 e. The van der Waals surface area contributed by atoms with Gasteiger partial charge in [0.15, 0.2) is 0 Å². The first-order chi connectivity index (χ1) is 14.6. The average molecular weight is 401 g/mol. The number of ether oxygens (including phenoxy) is 3. The molecule has 150 valence electrons. The van der Waals surface area contributed by atoms with Gasteiger partial charge in [-0.2, -0.15) is 5.26 Å². The minimum atomic E-state index is -0.341. The van der Waals surface area contributed by atoms with Crippen LogP contribution in [0.1, 0.15) is 24.5 Å². The molecule has 30 heavy (non-hydrogen) atoms. The summed E-state index contributed by atoms with van der Waals surface area (Å²) in [5.41, 5.74) is 1.91. The molecule has 0 saturated carbocycles. The van der Waals surface area contributed by atoms with Crippen molar-refractivity contribution in [2.45, 2.75) is 13.3 Å². The summed E-state index contributed by atoms with van der Waals surface area (Å²) in [7, 11) is 1.35. The van der Waals surface area contributed by atoms with Crippen molar-refractivity contribution in [1.82, 2.24) is 9.97 Å². The molecule has 0 N–H and O–H groups in total. The Morgan fingerprint density at radius 2 is 1.67 bits per heavy atom. The highest BCUT2D eigenvalue weighted by molar-refractivity contribution is 5.86. The van der Waals surface area contributed by atoms with Crippen molar-refractivity contribution >= 4 is 11.5 Å². The summed E-state index contributed by atoms with van der Waals surface area (Å²) in [6.45, 7) is 1.85. The van der Waals surface area contributed by atoms with E-state index >= 15 is 0 Å². The van der Waals surface area contributed by atoms with E-state index in [-0.39, 0.29) is 24.2 Å². The number of aromatic nitrogens is 2. The fourth-order valence-corrected chi connectivity index (χ4v) is 2.71. The smallest absolute Gasteiger partial charge is 0.309 e. The summed E-state index contributed by atoms with van der Waals surface area (Å²) >= 11 is 0. The van der Waals surface area contributed by atoms with Crippen LogP contribution in [0.3, 0.4) is 0 Å². The Morgan fingerprint density at radius 3 is 2.33 bits per heavy atom. The summed E-state index contributed by atoms with van der Waals surface area (Å²) in [4.78, 5) is 19.9. The predicted octanol–water partition coefficient (Wildman–Crippen LogP) is 4.90. The average Bonchev–Trinajstić information content (AvgIpc) is 2.78. The number of benzene rings is 2. The molecule has 0 aliphatic carbocycles. The molecule has 2 aromatic carbocycles. The van der Waals surface area contributed by atoms with Crippen LogP contribution in [0.15, 0.2) is 67.0 Å². The highest BCUT2D eigenvalue weighted by atomic mass is 16.5. The third-order valence-electron chi connectivity index (χ3n) is 4.20. The van der Waals surface area contributed by atoms with Gasteiger partial charge in [-0.25, -0.2) is 9.97 Å². The van der Waals surface area contributed by atoms with Gasteiger partial charge in [-0.3, -0.25) is 4.79 Å². The van der Waals surface area contributed by atoms with Gasteiger partial charge in [-0.15, -0.1) is 0 Å². The van der Waals surface area contributed by atoms with Crippen molar-refractivity contribution in [3.63, 3.8) is 0 Å². The monoisotopic (exact) mass is 401 g/mol. The van der Waals surface area contributed by atoms with E-state index < -0.39 is 0 Å². The number of rotatable bonds is 7. The molecule has 1 aromatic heterocycles. The van der Waals surface area contributed by atoms with Crippen molar-refractivity contribution < 1.29 is 19.0 Å². The summed E-state index contributed by atoms with van der Waals surface area (Å²) < 4.78 is 16.4. The second-order valence-electron chi connectivity index (χ2n) is 6.07. The van der Waals surface area contributed by atoms with Crippen LogP contribution in [0.4, 0.5) is 0 Å². The van der Waals surface area contributed by atoms with E-state index in [4.69, 9.17) is 14.2 Å².